The highest BCUT2D eigenvalue weighted by Gasteiger charge is 2.37. The number of H-pyrrole nitrogens is 1. The van der Waals surface area contributed by atoms with E-state index in [1.165, 1.54) is 34.1 Å². The Morgan fingerprint density at radius 3 is 2.71 bits per heavy atom. The molecule has 4 heterocycles. The Hall–Kier alpha value is -3.89. The van der Waals surface area contributed by atoms with Crippen molar-refractivity contribution >= 4 is 17.6 Å². The number of halogens is 2. The SMILES string of the molecule is CC(C)C1COC(=O)N1c1ccn2ncc(-c3cc(F)c(-c4ncn[nH]4)c(F)c3)c2n1. The normalized spacial score (nSPS) is 16.5. The van der Waals surface area contributed by atoms with Crippen LogP contribution in [0.5, 0.6) is 0 Å². The van der Waals surface area contributed by atoms with E-state index >= 15 is 0 Å². The quantitative estimate of drug-likeness (QED) is 0.538. The van der Waals surface area contributed by atoms with E-state index in [-0.39, 0.29) is 35.5 Å². The van der Waals surface area contributed by atoms with Gasteiger partial charge in [-0.2, -0.15) is 10.2 Å². The number of amides is 1. The Kier molecular flexibility index (Phi) is 4.38. The monoisotopic (exact) mass is 425 g/mol. The van der Waals surface area contributed by atoms with Crippen LogP contribution in [0.4, 0.5) is 19.4 Å². The maximum atomic E-state index is 14.7. The lowest BCUT2D eigenvalue weighted by molar-refractivity contribution is 0.177. The molecular weight excluding hydrogens is 408 g/mol. The number of aromatic nitrogens is 6. The van der Waals surface area contributed by atoms with Crippen molar-refractivity contribution in [3.05, 3.63) is 48.6 Å². The summed E-state index contributed by atoms with van der Waals surface area (Å²) in [5, 5.41) is 10.3. The Balaban J connectivity index is 1.60. The zero-order chi connectivity index (χ0) is 21.7. The summed E-state index contributed by atoms with van der Waals surface area (Å²) in [5.74, 6) is -1.07. The Labute approximate surface area is 174 Å². The van der Waals surface area contributed by atoms with Crippen LogP contribution < -0.4 is 4.90 Å². The van der Waals surface area contributed by atoms with Crippen molar-refractivity contribution in [3.8, 4) is 22.5 Å². The summed E-state index contributed by atoms with van der Waals surface area (Å²) in [5.41, 5.74) is 0.719. The van der Waals surface area contributed by atoms with E-state index in [9.17, 15) is 13.6 Å². The molecule has 1 saturated heterocycles. The summed E-state index contributed by atoms with van der Waals surface area (Å²) in [7, 11) is 0. The number of benzene rings is 1. The molecule has 1 aromatic carbocycles. The minimum atomic E-state index is -0.801. The van der Waals surface area contributed by atoms with Crippen molar-refractivity contribution < 1.29 is 18.3 Å². The fourth-order valence-electron chi connectivity index (χ4n) is 3.67. The van der Waals surface area contributed by atoms with Crippen LogP contribution in [-0.4, -0.2) is 48.5 Å². The van der Waals surface area contributed by atoms with Gasteiger partial charge in [0, 0.05) is 11.8 Å². The number of aromatic amines is 1. The maximum Gasteiger partial charge on any atom is 0.415 e. The average molecular weight is 425 g/mol. The summed E-state index contributed by atoms with van der Waals surface area (Å²) in [6.45, 7) is 4.25. The molecule has 158 valence electrons. The van der Waals surface area contributed by atoms with E-state index in [1.54, 1.807) is 12.3 Å². The number of ether oxygens (including phenoxy) is 1. The first-order chi connectivity index (χ1) is 14.9. The predicted molar refractivity (Wildman–Crippen MR) is 106 cm³/mol. The second kappa shape index (κ2) is 7.11. The van der Waals surface area contributed by atoms with Crippen LogP contribution in [0.3, 0.4) is 0 Å². The number of cyclic esters (lactones) is 1. The van der Waals surface area contributed by atoms with Gasteiger partial charge >= 0.3 is 6.09 Å². The molecule has 0 aliphatic carbocycles. The molecule has 5 rings (SSSR count). The highest BCUT2D eigenvalue weighted by molar-refractivity contribution is 5.90. The van der Waals surface area contributed by atoms with Crippen LogP contribution in [0, 0.1) is 17.6 Å². The van der Waals surface area contributed by atoms with Gasteiger partial charge in [0.25, 0.3) is 0 Å². The van der Waals surface area contributed by atoms with Gasteiger partial charge in [-0.25, -0.2) is 28.1 Å². The molecular formula is C20H17F2N7O2. The number of rotatable bonds is 4. The summed E-state index contributed by atoms with van der Waals surface area (Å²) >= 11 is 0. The first-order valence-electron chi connectivity index (χ1n) is 9.59. The lowest BCUT2D eigenvalue weighted by atomic mass is 10.0. The summed E-state index contributed by atoms with van der Waals surface area (Å²) in [6.07, 6.45) is 3.80. The van der Waals surface area contributed by atoms with E-state index in [0.29, 0.717) is 17.0 Å². The Bertz CT molecular complexity index is 1260. The second-order valence-corrected chi connectivity index (χ2v) is 7.52. The third-order valence-corrected chi connectivity index (χ3v) is 5.28. The van der Waals surface area contributed by atoms with Crippen LogP contribution in [0.25, 0.3) is 28.2 Å². The van der Waals surface area contributed by atoms with Crippen molar-refractivity contribution in [2.75, 3.05) is 11.5 Å². The maximum absolute atomic E-state index is 14.7. The highest BCUT2D eigenvalue weighted by Crippen LogP contribution is 2.32. The molecule has 1 aliphatic heterocycles. The molecule has 1 amide bonds. The van der Waals surface area contributed by atoms with Gasteiger partial charge in [-0.1, -0.05) is 13.8 Å². The number of carbonyl (C=O) groups excluding carboxylic acids is 1. The van der Waals surface area contributed by atoms with E-state index in [1.807, 2.05) is 13.8 Å². The van der Waals surface area contributed by atoms with Gasteiger partial charge in [-0.15, -0.1) is 0 Å². The van der Waals surface area contributed by atoms with Crippen LogP contribution in [0.2, 0.25) is 0 Å². The number of nitrogens with one attached hydrogen (secondary N) is 1. The second-order valence-electron chi connectivity index (χ2n) is 7.52. The molecule has 3 aromatic heterocycles. The molecule has 1 aliphatic rings. The number of hydrogen-bond acceptors (Lipinski definition) is 6. The van der Waals surface area contributed by atoms with Gasteiger partial charge in [0.2, 0.25) is 0 Å². The molecule has 1 fully saturated rings. The van der Waals surface area contributed by atoms with Gasteiger partial charge < -0.3 is 4.74 Å². The number of hydrogen-bond donors (Lipinski definition) is 1. The van der Waals surface area contributed by atoms with Gasteiger partial charge in [0.05, 0.1) is 17.8 Å². The summed E-state index contributed by atoms with van der Waals surface area (Å²) < 4.78 is 36.1. The van der Waals surface area contributed by atoms with E-state index in [2.05, 4.69) is 25.3 Å². The lowest BCUT2D eigenvalue weighted by Crippen LogP contribution is -2.37. The zero-order valence-corrected chi connectivity index (χ0v) is 16.6. The molecule has 1 atom stereocenters. The van der Waals surface area contributed by atoms with Crippen LogP contribution in [0.1, 0.15) is 13.8 Å². The van der Waals surface area contributed by atoms with Crippen molar-refractivity contribution in [1.29, 1.82) is 0 Å². The molecule has 1 unspecified atom stereocenters. The lowest BCUT2D eigenvalue weighted by Gasteiger charge is -2.23. The van der Waals surface area contributed by atoms with E-state index < -0.39 is 17.7 Å². The fourth-order valence-corrected chi connectivity index (χ4v) is 3.67. The molecule has 31 heavy (non-hydrogen) atoms. The smallest absolute Gasteiger partial charge is 0.415 e. The first-order valence-corrected chi connectivity index (χ1v) is 9.59. The number of carbonyl (C=O) groups is 1. The highest BCUT2D eigenvalue weighted by atomic mass is 19.1. The predicted octanol–water partition coefficient (Wildman–Crippen LogP) is 3.44. The largest absolute Gasteiger partial charge is 0.447 e. The third-order valence-electron chi connectivity index (χ3n) is 5.28. The third kappa shape index (κ3) is 3.09. The molecule has 0 bridgehead atoms. The van der Waals surface area contributed by atoms with Gasteiger partial charge in [0.1, 0.15) is 30.4 Å². The van der Waals surface area contributed by atoms with Gasteiger partial charge in [0.15, 0.2) is 11.5 Å². The van der Waals surface area contributed by atoms with Crippen molar-refractivity contribution in [2.24, 2.45) is 5.92 Å². The molecule has 0 spiro atoms. The molecule has 4 aromatic rings. The van der Waals surface area contributed by atoms with Crippen LogP contribution in [0.15, 0.2) is 36.9 Å². The Morgan fingerprint density at radius 1 is 1.26 bits per heavy atom. The molecule has 11 heteroatoms. The molecule has 1 N–H and O–H groups in total. The number of anilines is 1. The van der Waals surface area contributed by atoms with Crippen molar-refractivity contribution in [3.63, 3.8) is 0 Å². The Morgan fingerprint density at radius 2 is 2.03 bits per heavy atom. The van der Waals surface area contributed by atoms with E-state index in [4.69, 9.17) is 4.74 Å². The van der Waals surface area contributed by atoms with Crippen LogP contribution in [-0.2, 0) is 4.74 Å². The molecule has 0 radical (unpaired) electrons. The number of fused-ring (bicyclic) bond motifs is 1. The van der Waals surface area contributed by atoms with Gasteiger partial charge in [-0.05, 0) is 29.7 Å². The topological polar surface area (TPSA) is 101 Å². The zero-order valence-electron chi connectivity index (χ0n) is 16.6. The molecule has 9 nitrogen and oxygen atoms in total. The van der Waals surface area contributed by atoms with Crippen LogP contribution >= 0.6 is 0 Å². The van der Waals surface area contributed by atoms with Gasteiger partial charge in [-0.3, -0.25) is 10.00 Å². The van der Waals surface area contributed by atoms with Crippen molar-refractivity contribution in [1.82, 2.24) is 29.8 Å². The van der Waals surface area contributed by atoms with Crippen molar-refractivity contribution in [2.45, 2.75) is 19.9 Å². The minimum absolute atomic E-state index is 0.00546. The standard InChI is InChI=1S/C20H17F2N7O2/c1-10(2)15-8-31-20(30)29(15)16-3-4-28-19(26-16)12(7-25-28)11-5-13(21)17(14(22)6-11)18-23-9-24-27-18/h3-7,9-10,15H,8H2,1-2H3,(H,23,24,27). The fraction of sp³-hybridized carbons (Fsp3) is 0.250. The summed E-state index contributed by atoms with van der Waals surface area (Å²) in [6, 6.07) is 3.87. The van der Waals surface area contributed by atoms with E-state index in [0.717, 1.165) is 0 Å². The summed E-state index contributed by atoms with van der Waals surface area (Å²) in [4.78, 5) is 22.2. The first kappa shape index (κ1) is 19.1. The average Bonchev–Trinajstić information content (AvgIpc) is 3.46. The number of nitrogens with zero attached hydrogens (tertiary/aromatic N) is 6. The minimum Gasteiger partial charge on any atom is -0.447 e. The molecule has 0 saturated carbocycles.